The van der Waals surface area contributed by atoms with Gasteiger partial charge in [-0.15, -0.1) is 0 Å². The molecule has 1 heterocycles. The van der Waals surface area contributed by atoms with Gasteiger partial charge in [0, 0.05) is 20.1 Å². The van der Waals surface area contributed by atoms with Crippen molar-refractivity contribution in [2.24, 2.45) is 5.92 Å². The number of hydrogen-bond donors (Lipinski definition) is 2. The summed E-state index contributed by atoms with van der Waals surface area (Å²) in [4.78, 5) is 25.3. The second-order valence-corrected chi connectivity index (χ2v) is 5.06. The zero-order chi connectivity index (χ0) is 15.6. The first-order chi connectivity index (χ1) is 9.93. The summed E-state index contributed by atoms with van der Waals surface area (Å²) in [5, 5.41) is 2.53. The summed E-state index contributed by atoms with van der Waals surface area (Å²) in [6.45, 7) is 0.594. The van der Waals surface area contributed by atoms with E-state index in [1.807, 2.05) is 0 Å². The highest BCUT2D eigenvalue weighted by atomic mass is 19.1. The number of nitrogens with two attached hydrogens (primary N) is 1. The molecule has 0 bridgehead atoms. The fraction of sp³-hybridized carbons (Fsp3) is 0.429. The molecule has 2 rings (SSSR count). The predicted octanol–water partition coefficient (Wildman–Crippen LogP) is 1.15. The zero-order valence-electron chi connectivity index (χ0n) is 11.7. The topological polar surface area (TPSA) is 75.4 Å². The van der Waals surface area contributed by atoms with Gasteiger partial charge in [0.1, 0.15) is 5.82 Å². The molecule has 5 nitrogen and oxygen atoms in total. The molecule has 1 atom stereocenters. The van der Waals surface area contributed by atoms with E-state index >= 15 is 0 Å². The summed E-state index contributed by atoms with van der Waals surface area (Å²) < 4.78 is 27.2. The predicted molar refractivity (Wildman–Crippen MR) is 73.5 cm³/mol. The third-order valence-corrected chi connectivity index (χ3v) is 3.62. The van der Waals surface area contributed by atoms with Crippen molar-refractivity contribution in [3.05, 3.63) is 29.3 Å². The van der Waals surface area contributed by atoms with Crippen LogP contribution in [0, 0.1) is 17.6 Å². The quantitative estimate of drug-likeness (QED) is 0.804. The Labute approximate surface area is 121 Å². The fourth-order valence-electron chi connectivity index (χ4n) is 2.52. The van der Waals surface area contributed by atoms with Crippen LogP contribution >= 0.6 is 0 Å². The van der Waals surface area contributed by atoms with E-state index in [0.717, 1.165) is 12.1 Å². The number of carbonyl (C=O) groups excluding carboxylic acids is 2. The minimum atomic E-state index is -0.927. The molecule has 7 heteroatoms. The van der Waals surface area contributed by atoms with Crippen LogP contribution in [0.4, 0.5) is 14.5 Å². The van der Waals surface area contributed by atoms with Gasteiger partial charge in [0.2, 0.25) is 5.91 Å². The standard InChI is InChI=1S/C14H17F2N3O2/c1-18-13(20)8-3-2-4-19(7-8)14(21)10-5-9(15)6-11(17)12(10)16/h5-6,8H,2-4,7,17H2,1H3,(H,18,20). The SMILES string of the molecule is CNC(=O)C1CCCN(C(=O)c2cc(F)cc(N)c2F)C1. The lowest BCUT2D eigenvalue weighted by molar-refractivity contribution is -0.125. The van der Waals surface area contributed by atoms with Gasteiger partial charge in [-0.25, -0.2) is 8.78 Å². The molecule has 1 aliphatic heterocycles. The Balaban J connectivity index is 2.22. The number of anilines is 1. The first-order valence-electron chi connectivity index (χ1n) is 6.69. The summed E-state index contributed by atoms with van der Waals surface area (Å²) >= 11 is 0. The number of nitrogen functional groups attached to an aromatic ring is 1. The summed E-state index contributed by atoms with van der Waals surface area (Å²) in [6.07, 6.45) is 1.30. The van der Waals surface area contributed by atoms with E-state index in [2.05, 4.69) is 5.32 Å². The molecule has 0 radical (unpaired) electrons. The Morgan fingerprint density at radius 2 is 2.10 bits per heavy atom. The molecule has 0 spiro atoms. The Morgan fingerprint density at radius 3 is 2.76 bits per heavy atom. The molecule has 2 amide bonds. The normalized spacial score (nSPS) is 18.4. The van der Waals surface area contributed by atoms with Crippen molar-refractivity contribution in [3.63, 3.8) is 0 Å². The van der Waals surface area contributed by atoms with Gasteiger partial charge in [-0.2, -0.15) is 0 Å². The van der Waals surface area contributed by atoms with Crippen molar-refractivity contribution in [2.75, 3.05) is 25.9 Å². The number of rotatable bonds is 2. The van der Waals surface area contributed by atoms with Crippen molar-refractivity contribution >= 4 is 17.5 Å². The van der Waals surface area contributed by atoms with E-state index in [-0.39, 0.29) is 18.4 Å². The highest BCUT2D eigenvalue weighted by Crippen LogP contribution is 2.23. The Kier molecular flexibility index (Phi) is 4.40. The van der Waals surface area contributed by atoms with Crippen LogP contribution in [-0.2, 0) is 4.79 Å². The lowest BCUT2D eigenvalue weighted by Gasteiger charge is -2.32. The van der Waals surface area contributed by atoms with Crippen molar-refractivity contribution in [1.29, 1.82) is 0 Å². The van der Waals surface area contributed by atoms with E-state index in [1.54, 1.807) is 0 Å². The van der Waals surface area contributed by atoms with Crippen molar-refractivity contribution in [1.82, 2.24) is 10.2 Å². The summed E-state index contributed by atoms with van der Waals surface area (Å²) in [5.74, 6) is -2.83. The number of amides is 2. The van der Waals surface area contributed by atoms with Crippen LogP contribution in [-0.4, -0.2) is 36.9 Å². The lowest BCUT2D eigenvalue weighted by atomic mass is 9.96. The van der Waals surface area contributed by atoms with E-state index < -0.39 is 28.8 Å². The van der Waals surface area contributed by atoms with Crippen LogP contribution in [0.25, 0.3) is 0 Å². The number of piperidine rings is 1. The maximum absolute atomic E-state index is 13.9. The van der Waals surface area contributed by atoms with E-state index in [0.29, 0.717) is 19.4 Å². The zero-order valence-corrected chi connectivity index (χ0v) is 11.7. The van der Waals surface area contributed by atoms with Crippen LogP contribution in [0.1, 0.15) is 23.2 Å². The molecule has 3 N–H and O–H groups in total. The van der Waals surface area contributed by atoms with Crippen molar-refractivity contribution in [2.45, 2.75) is 12.8 Å². The van der Waals surface area contributed by atoms with E-state index in [4.69, 9.17) is 5.73 Å². The molecule has 21 heavy (non-hydrogen) atoms. The fourth-order valence-corrected chi connectivity index (χ4v) is 2.52. The molecule has 1 fully saturated rings. The highest BCUT2D eigenvalue weighted by molar-refractivity contribution is 5.96. The summed E-state index contributed by atoms with van der Waals surface area (Å²) in [5.41, 5.74) is 4.53. The van der Waals surface area contributed by atoms with Crippen molar-refractivity contribution < 1.29 is 18.4 Å². The molecular weight excluding hydrogens is 280 g/mol. The maximum Gasteiger partial charge on any atom is 0.257 e. The molecule has 0 saturated carbocycles. The van der Waals surface area contributed by atoms with Gasteiger partial charge in [0.25, 0.3) is 5.91 Å². The minimum absolute atomic E-state index is 0.160. The van der Waals surface area contributed by atoms with Gasteiger partial charge in [-0.3, -0.25) is 9.59 Å². The van der Waals surface area contributed by atoms with Crippen LogP contribution in [0.15, 0.2) is 12.1 Å². The first kappa shape index (κ1) is 15.2. The summed E-state index contributed by atoms with van der Waals surface area (Å²) in [6, 6.07) is 1.66. The Morgan fingerprint density at radius 1 is 1.38 bits per heavy atom. The largest absolute Gasteiger partial charge is 0.396 e. The smallest absolute Gasteiger partial charge is 0.257 e. The minimum Gasteiger partial charge on any atom is -0.396 e. The number of nitrogens with one attached hydrogen (secondary N) is 1. The van der Waals surface area contributed by atoms with Gasteiger partial charge in [-0.05, 0) is 25.0 Å². The number of nitrogens with zero attached hydrogens (tertiary/aromatic N) is 1. The number of carbonyl (C=O) groups is 2. The third kappa shape index (κ3) is 3.12. The highest BCUT2D eigenvalue weighted by Gasteiger charge is 2.30. The molecule has 1 saturated heterocycles. The molecule has 0 aliphatic carbocycles. The van der Waals surface area contributed by atoms with Gasteiger partial charge >= 0.3 is 0 Å². The molecule has 0 aromatic heterocycles. The van der Waals surface area contributed by atoms with Gasteiger partial charge in [0.15, 0.2) is 5.82 Å². The Bertz CT molecular complexity index is 578. The molecular formula is C14H17F2N3O2. The van der Waals surface area contributed by atoms with Gasteiger partial charge < -0.3 is 16.0 Å². The second kappa shape index (κ2) is 6.07. The van der Waals surface area contributed by atoms with Gasteiger partial charge in [-0.1, -0.05) is 0 Å². The monoisotopic (exact) mass is 297 g/mol. The molecule has 1 aromatic carbocycles. The average molecular weight is 297 g/mol. The molecule has 1 unspecified atom stereocenters. The second-order valence-electron chi connectivity index (χ2n) is 5.06. The van der Waals surface area contributed by atoms with Crippen LogP contribution in [0.5, 0.6) is 0 Å². The average Bonchev–Trinajstić information content (AvgIpc) is 2.49. The number of likely N-dealkylation sites (tertiary alicyclic amines) is 1. The number of benzene rings is 1. The van der Waals surface area contributed by atoms with Crippen LogP contribution < -0.4 is 11.1 Å². The maximum atomic E-state index is 13.9. The summed E-state index contributed by atoms with van der Waals surface area (Å²) in [7, 11) is 1.52. The van der Waals surface area contributed by atoms with Crippen molar-refractivity contribution in [3.8, 4) is 0 Å². The number of hydrogen-bond acceptors (Lipinski definition) is 3. The van der Waals surface area contributed by atoms with Crippen LogP contribution in [0.2, 0.25) is 0 Å². The lowest BCUT2D eigenvalue weighted by Crippen LogP contribution is -2.45. The number of halogens is 2. The van der Waals surface area contributed by atoms with E-state index in [1.165, 1.54) is 11.9 Å². The molecule has 1 aliphatic rings. The molecule has 1 aromatic rings. The molecule has 114 valence electrons. The Hall–Kier alpha value is -2.18. The van der Waals surface area contributed by atoms with Crippen LogP contribution in [0.3, 0.4) is 0 Å². The first-order valence-corrected chi connectivity index (χ1v) is 6.69. The van der Waals surface area contributed by atoms with Gasteiger partial charge in [0.05, 0.1) is 17.2 Å². The third-order valence-electron chi connectivity index (χ3n) is 3.62. The van der Waals surface area contributed by atoms with E-state index in [9.17, 15) is 18.4 Å².